The quantitative estimate of drug-likeness (QED) is 0.785. The lowest BCUT2D eigenvalue weighted by Gasteiger charge is -2.19. The van der Waals surface area contributed by atoms with Gasteiger partial charge in [-0.1, -0.05) is 0 Å². The number of hydrazone groups is 1. The van der Waals surface area contributed by atoms with Crippen LogP contribution in [0.5, 0.6) is 0 Å². The Morgan fingerprint density at radius 2 is 2.24 bits per heavy atom. The van der Waals surface area contributed by atoms with E-state index in [1.807, 2.05) is 13.2 Å². The molecule has 1 fully saturated rings. The number of aromatic nitrogens is 2. The van der Waals surface area contributed by atoms with Crippen LogP contribution in [0.15, 0.2) is 17.5 Å². The molecule has 5 nitrogen and oxygen atoms in total. The maximum atomic E-state index is 11.9. The zero-order chi connectivity index (χ0) is 12.0. The number of amides is 1. The van der Waals surface area contributed by atoms with Gasteiger partial charge in [-0.25, -0.2) is 5.01 Å². The summed E-state index contributed by atoms with van der Waals surface area (Å²) < 4.78 is 1.73. The first-order valence-electron chi connectivity index (χ1n) is 6.03. The summed E-state index contributed by atoms with van der Waals surface area (Å²) in [6, 6.07) is 0.247. The van der Waals surface area contributed by atoms with Crippen LogP contribution >= 0.6 is 0 Å². The summed E-state index contributed by atoms with van der Waals surface area (Å²) in [5, 5.41) is 10.2. The fraction of sp³-hybridized carbons (Fsp3) is 0.583. The predicted octanol–water partition coefficient (Wildman–Crippen LogP) is 1.16. The first-order chi connectivity index (χ1) is 8.15. The second kappa shape index (κ2) is 3.68. The highest BCUT2D eigenvalue weighted by Gasteiger charge is 2.37. The Hall–Kier alpha value is -1.65. The van der Waals surface area contributed by atoms with Crippen LogP contribution in [0.25, 0.3) is 0 Å². The van der Waals surface area contributed by atoms with E-state index in [0.717, 1.165) is 11.3 Å². The topological polar surface area (TPSA) is 50.5 Å². The van der Waals surface area contributed by atoms with E-state index in [1.54, 1.807) is 15.9 Å². The van der Waals surface area contributed by atoms with Crippen LogP contribution in [-0.2, 0) is 11.8 Å². The van der Waals surface area contributed by atoms with Crippen molar-refractivity contribution in [1.29, 1.82) is 0 Å². The maximum absolute atomic E-state index is 11.9. The van der Waals surface area contributed by atoms with Gasteiger partial charge in [0.1, 0.15) is 0 Å². The van der Waals surface area contributed by atoms with E-state index in [2.05, 4.69) is 17.1 Å². The van der Waals surface area contributed by atoms with Gasteiger partial charge in [0.25, 0.3) is 0 Å². The molecular weight excluding hydrogens is 216 g/mol. The standard InChI is InChI=1S/C12H16N4O/c1-8(9-3-4-9)16-12(17)5-11(14-16)10-6-13-15(2)7-10/h6-9H,3-5H2,1-2H3. The van der Waals surface area contributed by atoms with Gasteiger partial charge in [-0.2, -0.15) is 10.2 Å². The van der Waals surface area contributed by atoms with Gasteiger partial charge < -0.3 is 0 Å². The number of carbonyl (C=O) groups excluding carboxylic acids is 1. The monoisotopic (exact) mass is 232 g/mol. The number of aryl methyl sites for hydroxylation is 1. The van der Waals surface area contributed by atoms with Gasteiger partial charge in [0, 0.05) is 18.8 Å². The average molecular weight is 232 g/mol. The van der Waals surface area contributed by atoms with Crippen molar-refractivity contribution >= 4 is 11.6 Å². The minimum Gasteiger partial charge on any atom is -0.275 e. The Morgan fingerprint density at radius 1 is 1.47 bits per heavy atom. The van der Waals surface area contributed by atoms with Gasteiger partial charge in [0.05, 0.1) is 24.4 Å². The third-order valence-electron chi connectivity index (χ3n) is 3.53. The molecule has 0 N–H and O–H groups in total. The van der Waals surface area contributed by atoms with Gasteiger partial charge in [0.2, 0.25) is 5.91 Å². The first-order valence-corrected chi connectivity index (χ1v) is 6.03. The van der Waals surface area contributed by atoms with E-state index < -0.39 is 0 Å². The molecule has 90 valence electrons. The normalized spacial score (nSPS) is 21.9. The molecule has 0 aromatic carbocycles. The Bertz CT molecular complexity index is 486. The van der Waals surface area contributed by atoms with Gasteiger partial charge in [-0.3, -0.25) is 9.48 Å². The van der Waals surface area contributed by atoms with Gasteiger partial charge in [0.15, 0.2) is 0 Å². The van der Waals surface area contributed by atoms with Crippen LogP contribution in [0.3, 0.4) is 0 Å². The SMILES string of the molecule is CC(C1CC1)N1N=C(c2cnn(C)c2)CC1=O. The van der Waals surface area contributed by atoms with Crippen LogP contribution < -0.4 is 0 Å². The van der Waals surface area contributed by atoms with Crippen LogP contribution in [0.2, 0.25) is 0 Å². The highest BCUT2D eigenvalue weighted by Crippen LogP contribution is 2.36. The zero-order valence-electron chi connectivity index (χ0n) is 10.1. The molecule has 1 unspecified atom stereocenters. The molecule has 1 aromatic heterocycles. The molecule has 1 aromatic rings. The third kappa shape index (κ3) is 1.85. The van der Waals surface area contributed by atoms with Crippen LogP contribution in [0, 0.1) is 5.92 Å². The summed E-state index contributed by atoms with van der Waals surface area (Å²) in [4.78, 5) is 11.9. The molecule has 0 radical (unpaired) electrons. The summed E-state index contributed by atoms with van der Waals surface area (Å²) in [6.45, 7) is 2.09. The Balaban J connectivity index is 1.83. The number of rotatable bonds is 3. The molecule has 1 aliphatic heterocycles. The highest BCUT2D eigenvalue weighted by atomic mass is 16.2. The average Bonchev–Trinajstić information content (AvgIpc) is 2.95. The molecule has 1 saturated carbocycles. The molecule has 2 aliphatic rings. The Kier molecular flexibility index (Phi) is 2.28. The molecular formula is C12H16N4O. The fourth-order valence-electron chi connectivity index (χ4n) is 2.27. The van der Waals surface area contributed by atoms with E-state index in [-0.39, 0.29) is 11.9 Å². The molecule has 3 rings (SSSR count). The summed E-state index contributed by atoms with van der Waals surface area (Å²) in [5.41, 5.74) is 1.79. The van der Waals surface area contributed by atoms with Crippen molar-refractivity contribution in [2.75, 3.05) is 0 Å². The van der Waals surface area contributed by atoms with E-state index in [1.165, 1.54) is 12.8 Å². The molecule has 5 heteroatoms. The molecule has 0 saturated heterocycles. The van der Waals surface area contributed by atoms with Gasteiger partial charge >= 0.3 is 0 Å². The number of hydrogen-bond donors (Lipinski definition) is 0. The second-order valence-electron chi connectivity index (χ2n) is 4.94. The molecule has 1 atom stereocenters. The van der Waals surface area contributed by atoms with E-state index in [4.69, 9.17) is 0 Å². The molecule has 17 heavy (non-hydrogen) atoms. The summed E-state index contributed by atoms with van der Waals surface area (Å²) in [7, 11) is 1.87. The first kappa shape index (κ1) is 10.5. The molecule has 0 spiro atoms. The Morgan fingerprint density at radius 3 is 2.82 bits per heavy atom. The minimum absolute atomic E-state index is 0.114. The Labute approximate surface area is 100 Å². The van der Waals surface area contributed by atoms with Gasteiger partial charge in [-0.15, -0.1) is 0 Å². The van der Waals surface area contributed by atoms with Crippen molar-refractivity contribution in [1.82, 2.24) is 14.8 Å². The third-order valence-corrected chi connectivity index (χ3v) is 3.53. The lowest BCUT2D eigenvalue weighted by Crippen LogP contribution is -2.32. The van der Waals surface area contributed by atoms with E-state index >= 15 is 0 Å². The number of nitrogens with zero attached hydrogens (tertiary/aromatic N) is 4. The fourth-order valence-corrected chi connectivity index (χ4v) is 2.27. The maximum Gasteiger partial charge on any atom is 0.249 e. The van der Waals surface area contributed by atoms with Crippen molar-refractivity contribution < 1.29 is 4.79 Å². The molecule has 1 aliphatic carbocycles. The van der Waals surface area contributed by atoms with Crippen molar-refractivity contribution in [2.24, 2.45) is 18.1 Å². The van der Waals surface area contributed by atoms with Crippen LogP contribution in [-0.4, -0.2) is 32.5 Å². The van der Waals surface area contributed by atoms with E-state index in [9.17, 15) is 4.79 Å². The van der Waals surface area contributed by atoms with Crippen molar-refractivity contribution in [3.8, 4) is 0 Å². The lowest BCUT2D eigenvalue weighted by atomic mass is 10.1. The minimum atomic E-state index is 0.114. The molecule has 2 heterocycles. The van der Waals surface area contributed by atoms with Crippen LogP contribution in [0.4, 0.5) is 0 Å². The summed E-state index contributed by atoms with van der Waals surface area (Å²) >= 11 is 0. The zero-order valence-corrected chi connectivity index (χ0v) is 10.1. The van der Waals surface area contributed by atoms with Crippen molar-refractivity contribution in [2.45, 2.75) is 32.2 Å². The van der Waals surface area contributed by atoms with Crippen molar-refractivity contribution in [3.63, 3.8) is 0 Å². The predicted molar refractivity (Wildman–Crippen MR) is 63.4 cm³/mol. The summed E-state index contributed by atoms with van der Waals surface area (Å²) in [6.07, 6.45) is 6.52. The highest BCUT2D eigenvalue weighted by molar-refractivity contribution is 6.13. The van der Waals surface area contributed by atoms with Gasteiger partial charge in [-0.05, 0) is 25.7 Å². The lowest BCUT2D eigenvalue weighted by molar-refractivity contribution is -0.130. The largest absolute Gasteiger partial charge is 0.275 e. The van der Waals surface area contributed by atoms with Crippen LogP contribution in [0.1, 0.15) is 31.7 Å². The number of hydrogen-bond acceptors (Lipinski definition) is 3. The second-order valence-corrected chi connectivity index (χ2v) is 4.94. The summed E-state index contributed by atoms with van der Waals surface area (Å²) in [5.74, 6) is 0.763. The smallest absolute Gasteiger partial charge is 0.249 e. The molecule has 1 amide bonds. The van der Waals surface area contributed by atoms with Crippen molar-refractivity contribution in [3.05, 3.63) is 18.0 Å². The van der Waals surface area contributed by atoms with E-state index in [0.29, 0.717) is 12.3 Å². The number of carbonyl (C=O) groups is 1. The molecule has 0 bridgehead atoms.